The Bertz CT molecular complexity index is 654. The van der Waals surface area contributed by atoms with Crippen LogP contribution in [0.1, 0.15) is 5.69 Å². The Hall–Kier alpha value is -2.19. The van der Waals surface area contributed by atoms with E-state index >= 15 is 0 Å². The summed E-state index contributed by atoms with van der Waals surface area (Å²) in [5, 5.41) is 10.0. The number of morpholine rings is 1. The quantitative estimate of drug-likeness (QED) is 0.796. The van der Waals surface area contributed by atoms with Crippen LogP contribution in [0.3, 0.4) is 0 Å². The Kier molecular flexibility index (Phi) is 4.50. The summed E-state index contributed by atoms with van der Waals surface area (Å²) in [5.74, 6) is 0.360. The van der Waals surface area contributed by atoms with Gasteiger partial charge < -0.3 is 14.6 Å². The number of anilines is 1. The number of aromatic nitrogens is 4. The smallest absolute Gasteiger partial charge is 0.293 e. The fourth-order valence-electron chi connectivity index (χ4n) is 2.49. The minimum atomic E-state index is -0.132. The highest BCUT2D eigenvalue weighted by atomic mass is 16.5. The van der Waals surface area contributed by atoms with E-state index in [0.29, 0.717) is 19.0 Å². The predicted molar refractivity (Wildman–Crippen MR) is 81.6 cm³/mol. The van der Waals surface area contributed by atoms with Crippen LogP contribution in [-0.4, -0.2) is 57.0 Å². The summed E-state index contributed by atoms with van der Waals surface area (Å²) in [5.41, 5.74) is 0.958. The highest BCUT2D eigenvalue weighted by Crippen LogP contribution is 2.09. The van der Waals surface area contributed by atoms with E-state index < -0.39 is 0 Å². The molecule has 1 atom stereocenters. The minimum Gasteiger partial charge on any atom is -0.374 e. The van der Waals surface area contributed by atoms with Crippen molar-refractivity contribution in [3.63, 3.8) is 0 Å². The lowest BCUT2D eigenvalue weighted by atomic mass is 10.2. The minimum absolute atomic E-state index is 0.0309. The van der Waals surface area contributed by atoms with Gasteiger partial charge in [0.1, 0.15) is 0 Å². The fourth-order valence-corrected chi connectivity index (χ4v) is 2.49. The average molecular weight is 304 g/mol. The summed E-state index contributed by atoms with van der Waals surface area (Å²) in [6.45, 7) is 3.76. The molecule has 8 heteroatoms. The number of aryl methyl sites for hydroxylation is 1. The Balaban J connectivity index is 1.54. The fraction of sp³-hybridized carbons (Fsp3) is 0.500. The maximum Gasteiger partial charge on any atom is 0.293 e. The van der Waals surface area contributed by atoms with E-state index in [2.05, 4.69) is 25.4 Å². The summed E-state index contributed by atoms with van der Waals surface area (Å²) in [6, 6.07) is 1.97. The van der Waals surface area contributed by atoms with E-state index in [4.69, 9.17) is 4.74 Å². The van der Waals surface area contributed by atoms with Gasteiger partial charge in [-0.2, -0.15) is 5.10 Å². The van der Waals surface area contributed by atoms with Crippen molar-refractivity contribution in [2.24, 2.45) is 7.05 Å². The van der Waals surface area contributed by atoms with Crippen LogP contribution >= 0.6 is 0 Å². The predicted octanol–water partition coefficient (Wildman–Crippen LogP) is -0.184. The zero-order chi connectivity index (χ0) is 15.4. The van der Waals surface area contributed by atoms with Gasteiger partial charge in [0, 0.05) is 57.5 Å². The Morgan fingerprint density at radius 2 is 2.41 bits per heavy atom. The molecule has 0 unspecified atom stereocenters. The summed E-state index contributed by atoms with van der Waals surface area (Å²) >= 11 is 0. The molecule has 1 saturated heterocycles. The van der Waals surface area contributed by atoms with E-state index in [1.807, 2.05) is 6.07 Å². The van der Waals surface area contributed by atoms with E-state index in [-0.39, 0.29) is 11.7 Å². The average Bonchev–Trinajstić information content (AvgIpc) is 3.02. The number of H-pyrrole nitrogens is 1. The number of hydrogen-bond acceptors (Lipinski definition) is 6. The molecule has 0 saturated carbocycles. The molecule has 0 radical (unpaired) electrons. The number of ether oxygens (including phenoxy) is 1. The maximum absolute atomic E-state index is 11.9. The highest BCUT2D eigenvalue weighted by Gasteiger charge is 2.21. The van der Waals surface area contributed by atoms with Crippen molar-refractivity contribution in [1.82, 2.24) is 24.6 Å². The molecular formula is C14H20N6O2. The number of aromatic amines is 1. The summed E-state index contributed by atoms with van der Waals surface area (Å²) in [7, 11) is 1.71. The molecule has 1 fully saturated rings. The molecule has 0 bridgehead atoms. The van der Waals surface area contributed by atoms with Crippen molar-refractivity contribution in [3.05, 3.63) is 40.7 Å². The number of rotatable bonds is 5. The third-order valence-electron chi connectivity index (χ3n) is 3.69. The normalized spacial score (nSPS) is 19.2. The summed E-state index contributed by atoms with van der Waals surface area (Å²) in [4.78, 5) is 18.3. The van der Waals surface area contributed by atoms with Gasteiger partial charge in [0.15, 0.2) is 5.82 Å². The van der Waals surface area contributed by atoms with E-state index in [1.54, 1.807) is 25.6 Å². The molecule has 1 aliphatic heterocycles. The first-order valence-electron chi connectivity index (χ1n) is 7.30. The van der Waals surface area contributed by atoms with Crippen molar-refractivity contribution in [2.45, 2.75) is 12.6 Å². The molecule has 2 aromatic heterocycles. The molecule has 0 spiro atoms. The van der Waals surface area contributed by atoms with Gasteiger partial charge in [0.05, 0.1) is 12.7 Å². The number of nitrogens with zero attached hydrogens (tertiary/aromatic N) is 4. The van der Waals surface area contributed by atoms with Crippen LogP contribution in [0.2, 0.25) is 0 Å². The second kappa shape index (κ2) is 6.71. The molecule has 0 amide bonds. The van der Waals surface area contributed by atoms with Crippen LogP contribution in [0.4, 0.5) is 5.82 Å². The zero-order valence-electron chi connectivity index (χ0n) is 12.5. The van der Waals surface area contributed by atoms with Gasteiger partial charge in [0.2, 0.25) is 0 Å². The Morgan fingerprint density at radius 1 is 1.50 bits per heavy atom. The largest absolute Gasteiger partial charge is 0.374 e. The summed E-state index contributed by atoms with van der Waals surface area (Å²) < 4.78 is 7.25. The maximum atomic E-state index is 11.9. The topological polar surface area (TPSA) is 88.1 Å². The van der Waals surface area contributed by atoms with E-state index in [9.17, 15) is 4.79 Å². The second-order valence-electron chi connectivity index (χ2n) is 5.38. The first-order chi connectivity index (χ1) is 10.7. The first kappa shape index (κ1) is 14.7. The van der Waals surface area contributed by atoms with Crippen molar-refractivity contribution in [3.8, 4) is 0 Å². The highest BCUT2D eigenvalue weighted by molar-refractivity contribution is 5.30. The van der Waals surface area contributed by atoms with Crippen LogP contribution in [0.25, 0.3) is 0 Å². The molecular weight excluding hydrogens is 284 g/mol. The lowest BCUT2D eigenvalue weighted by molar-refractivity contribution is -0.0244. The number of nitrogens with one attached hydrogen (secondary N) is 2. The lowest BCUT2D eigenvalue weighted by Gasteiger charge is -2.32. The van der Waals surface area contributed by atoms with Gasteiger partial charge in [-0.15, -0.1) is 0 Å². The standard InChI is InChI=1S/C14H20N6O2/c1-19-5-4-15-13(14(19)21)16-8-12-10-20(6-7-22-12)9-11-2-3-17-18-11/h2-5,12H,6-10H2,1H3,(H,15,16)(H,17,18)/t12-/m1/s1. The molecule has 3 rings (SSSR count). The molecule has 22 heavy (non-hydrogen) atoms. The van der Waals surface area contributed by atoms with Crippen LogP contribution in [-0.2, 0) is 18.3 Å². The Morgan fingerprint density at radius 3 is 3.23 bits per heavy atom. The van der Waals surface area contributed by atoms with Crippen LogP contribution in [0, 0.1) is 0 Å². The van der Waals surface area contributed by atoms with Gasteiger partial charge >= 0.3 is 0 Å². The molecule has 3 heterocycles. The van der Waals surface area contributed by atoms with Crippen molar-refractivity contribution >= 4 is 5.82 Å². The van der Waals surface area contributed by atoms with Gasteiger partial charge in [-0.25, -0.2) is 4.98 Å². The molecule has 2 N–H and O–H groups in total. The molecule has 118 valence electrons. The van der Waals surface area contributed by atoms with Crippen LogP contribution < -0.4 is 10.9 Å². The molecule has 2 aromatic rings. The van der Waals surface area contributed by atoms with Crippen LogP contribution in [0.15, 0.2) is 29.5 Å². The van der Waals surface area contributed by atoms with E-state index in [1.165, 1.54) is 4.57 Å². The molecule has 8 nitrogen and oxygen atoms in total. The van der Waals surface area contributed by atoms with E-state index in [0.717, 1.165) is 25.3 Å². The van der Waals surface area contributed by atoms with Gasteiger partial charge in [-0.1, -0.05) is 0 Å². The third kappa shape index (κ3) is 3.52. The van der Waals surface area contributed by atoms with Gasteiger partial charge in [-0.3, -0.25) is 14.8 Å². The van der Waals surface area contributed by atoms with Gasteiger partial charge in [-0.05, 0) is 6.07 Å². The first-order valence-corrected chi connectivity index (χ1v) is 7.30. The number of hydrogen-bond donors (Lipinski definition) is 2. The second-order valence-corrected chi connectivity index (χ2v) is 5.38. The van der Waals surface area contributed by atoms with Crippen molar-refractivity contribution < 1.29 is 4.74 Å². The monoisotopic (exact) mass is 304 g/mol. The third-order valence-corrected chi connectivity index (χ3v) is 3.69. The summed E-state index contributed by atoms with van der Waals surface area (Å²) in [6.07, 6.45) is 5.03. The van der Waals surface area contributed by atoms with Crippen molar-refractivity contribution in [2.75, 3.05) is 31.6 Å². The molecule has 1 aliphatic rings. The molecule has 0 aromatic carbocycles. The lowest BCUT2D eigenvalue weighted by Crippen LogP contribution is -2.45. The SMILES string of the molecule is Cn1ccnc(NC[C@@H]2CN(Cc3ccn[nH]3)CCO2)c1=O. The van der Waals surface area contributed by atoms with Crippen molar-refractivity contribution in [1.29, 1.82) is 0 Å². The Labute approximate surface area is 128 Å². The van der Waals surface area contributed by atoms with Crippen LogP contribution in [0.5, 0.6) is 0 Å². The zero-order valence-corrected chi connectivity index (χ0v) is 12.5. The van der Waals surface area contributed by atoms with Gasteiger partial charge in [0.25, 0.3) is 5.56 Å². The molecule has 0 aliphatic carbocycles.